The van der Waals surface area contributed by atoms with Gasteiger partial charge in [0.25, 0.3) is 0 Å². The first-order valence-corrected chi connectivity index (χ1v) is 10.2. The van der Waals surface area contributed by atoms with Crippen LogP contribution in [0.25, 0.3) is 0 Å². The van der Waals surface area contributed by atoms with E-state index < -0.39 is 5.72 Å². The maximum atomic E-state index is 12.4. The minimum atomic E-state index is -1.25. The molecule has 1 unspecified atom stereocenters. The van der Waals surface area contributed by atoms with Gasteiger partial charge >= 0.3 is 5.97 Å². The monoisotopic (exact) mass is 369 g/mol. The van der Waals surface area contributed by atoms with Crippen LogP contribution in [0.5, 0.6) is 0 Å². The Hall–Kier alpha value is -1.83. The van der Waals surface area contributed by atoms with E-state index in [1.54, 1.807) is 0 Å². The predicted molar refractivity (Wildman–Crippen MR) is 106 cm³/mol. The van der Waals surface area contributed by atoms with Gasteiger partial charge < -0.3 is 9.84 Å². The number of hydrogen-bond donors (Lipinski definition) is 1. The van der Waals surface area contributed by atoms with Crippen LogP contribution in [0.1, 0.15) is 63.4 Å². The van der Waals surface area contributed by atoms with Gasteiger partial charge in [-0.15, -0.1) is 0 Å². The van der Waals surface area contributed by atoms with E-state index in [1.807, 2.05) is 30.3 Å². The average molecular weight is 370 g/mol. The van der Waals surface area contributed by atoms with Crippen LogP contribution in [-0.2, 0) is 15.3 Å². The van der Waals surface area contributed by atoms with Crippen LogP contribution >= 0.6 is 0 Å². The molecule has 1 N–H and O–H groups in total. The molecule has 2 fully saturated rings. The lowest BCUT2D eigenvalue weighted by molar-refractivity contribution is -0.155. The summed E-state index contributed by atoms with van der Waals surface area (Å²) in [5.74, 6) is 6.25. The van der Waals surface area contributed by atoms with Crippen molar-refractivity contribution in [3.05, 3.63) is 35.9 Å². The molecule has 1 aliphatic heterocycles. The van der Waals surface area contributed by atoms with E-state index in [4.69, 9.17) is 4.74 Å². The molecular weight excluding hydrogens is 338 g/mol. The van der Waals surface area contributed by atoms with Crippen molar-refractivity contribution in [2.24, 2.45) is 5.41 Å². The second kappa shape index (κ2) is 8.91. The Labute approximate surface area is 162 Å². The van der Waals surface area contributed by atoms with Crippen molar-refractivity contribution in [1.29, 1.82) is 0 Å². The molecular formula is C23H31NO3. The fraction of sp³-hybridized carbons (Fsp3) is 0.609. The van der Waals surface area contributed by atoms with Crippen LogP contribution < -0.4 is 0 Å². The van der Waals surface area contributed by atoms with Gasteiger partial charge in [-0.1, -0.05) is 55.5 Å². The van der Waals surface area contributed by atoms with Crippen molar-refractivity contribution in [2.75, 3.05) is 20.2 Å². The standard InChI is InChI=1S/C23H31NO3/c1-27-21(25)22(14-6-3-7-15-22)16-8-9-17-23(26,24-18-10-11-19-24)20-12-4-2-5-13-20/h2,4-5,12-13,26H,3,6-8,10-11,14-16,18-19H2,1H3. The number of likely N-dealkylation sites (tertiary alicyclic amines) is 1. The normalized spacial score (nSPS) is 21.7. The topological polar surface area (TPSA) is 49.8 Å². The molecule has 1 aromatic rings. The molecule has 1 saturated carbocycles. The van der Waals surface area contributed by atoms with Gasteiger partial charge in [-0.2, -0.15) is 0 Å². The van der Waals surface area contributed by atoms with Gasteiger partial charge in [0.15, 0.2) is 0 Å². The molecule has 1 aromatic carbocycles. The lowest BCUT2D eigenvalue weighted by atomic mass is 9.71. The highest BCUT2D eigenvalue weighted by Crippen LogP contribution is 2.41. The molecule has 0 amide bonds. The SMILES string of the molecule is COC(=O)C1(CCC#CC(O)(c2ccccc2)N2CCCC2)CCCCC1. The summed E-state index contributed by atoms with van der Waals surface area (Å²) in [6.07, 6.45) is 8.58. The van der Waals surface area contributed by atoms with Crippen molar-refractivity contribution < 1.29 is 14.6 Å². The molecule has 27 heavy (non-hydrogen) atoms. The number of methoxy groups -OCH3 is 1. The average Bonchev–Trinajstić information content (AvgIpc) is 3.27. The zero-order valence-electron chi connectivity index (χ0n) is 16.4. The predicted octanol–water partition coefficient (Wildman–Crippen LogP) is 3.83. The fourth-order valence-electron chi connectivity index (χ4n) is 4.53. The number of benzene rings is 1. The van der Waals surface area contributed by atoms with Crippen molar-refractivity contribution in [3.63, 3.8) is 0 Å². The van der Waals surface area contributed by atoms with Crippen LogP contribution in [0.2, 0.25) is 0 Å². The minimum Gasteiger partial charge on any atom is -0.469 e. The molecule has 1 heterocycles. The Morgan fingerprint density at radius 3 is 2.44 bits per heavy atom. The number of rotatable bonds is 5. The quantitative estimate of drug-likeness (QED) is 0.633. The molecule has 4 heteroatoms. The maximum absolute atomic E-state index is 12.4. The molecule has 4 nitrogen and oxygen atoms in total. The van der Waals surface area contributed by atoms with Crippen molar-refractivity contribution in [3.8, 4) is 11.8 Å². The van der Waals surface area contributed by atoms with Crippen LogP contribution in [-0.4, -0.2) is 36.2 Å². The number of carbonyl (C=O) groups is 1. The Bertz CT molecular complexity index is 679. The van der Waals surface area contributed by atoms with E-state index in [0.717, 1.165) is 57.2 Å². The lowest BCUT2D eigenvalue weighted by Gasteiger charge is -2.34. The molecule has 0 aromatic heterocycles. The van der Waals surface area contributed by atoms with Crippen LogP contribution in [0.15, 0.2) is 30.3 Å². The third-order valence-corrected chi connectivity index (χ3v) is 6.16. The number of esters is 1. The van der Waals surface area contributed by atoms with Gasteiger partial charge in [0.05, 0.1) is 12.5 Å². The summed E-state index contributed by atoms with van der Waals surface area (Å²) >= 11 is 0. The van der Waals surface area contributed by atoms with Gasteiger partial charge in [0.2, 0.25) is 5.72 Å². The molecule has 1 atom stereocenters. The second-order valence-electron chi connectivity index (χ2n) is 7.87. The molecule has 1 aliphatic carbocycles. The molecule has 0 bridgehead atoms. The van der Waals surface area contributed by atoms with Crippen molar-refractivity contribution in [1.82, 2.24) is 4.90 Å². The largest absolute Gasteiger partial charge is 0.469 e. The first-order chi connectivity index (χ1) is 13.1. The smallest absolute Gasteiger partial charge is 0.311 e. The number of ether oxygens (including phenoxy) is 1. The van der Waals surface area contributed by atoms with Gasteiger partial charge in [-0.3, -0.25) is 9.69 Å². The van der Waals surface area contributed by atoms with E-state index in [-0.39, 0.29) is 11.4 Å². The van der Waals surface area contributed by atoms with E-state index in [1.165, 1.54) is 13.5 Å². The van der Waals surface area contributed by atoms with Gasteiger partial charge in [0.1, 0.15) is 0 Å². The Balaban J connectivity index is 1.75. The number of aliphatic hydroxyl groups is 1. The number of hydrogen-bond acceptors (Lipinski definition) is 4. The van der Waals surface area contributed by atoms with Crippen molar-refractivity contribution >= 4 is 5.97 Å². The first-order valence-electron chi connectivity index (χ1n) is 10.2. The molecule has 3 rings (SSSR count). The maximum Gasteiger partial charge on any atom is 0.311 e. The highest BCUT2D eigenvalue weighted by atomic mass is 16.5. The Morgan fingerprint density at radius 1 is 1.15 bits per heavy atom. The zero-order valence-corrected chi connectivity index (χ0v) is 16.4. The summed E-state index contributed by atoms with van der Waals surface area (Å²) in [7, 11) is 1.48. The van der Waals surface area contributed by atoms with E-state index >= 15 is 0 Å². The van der Waals surface area contributed by atoms with Crippen LogP contribution in [0, 0.1) is 17.3 Å². The Kier molecular flexibility index (Phi) is 6.57. The molecule has 0 radical (unpaired) electrons. The van der Waals surface area contributed by atoms with E-state index in [9.17, 15) is 9.90 Å². The summed E-state index contributed by atoms with van der Waals surface area (Å²) < 4.78 is 5.10. The first kappa shape index (κ1) is 19.9. The molecule has 2 aliphatic rings. The lowest BCUT2D eigenvalue weighted by Crippen LogP contribution is -2.43. The van der Waals surface area contributed by atoms with Crippen molar-refractivity contribution in [2.45, 2.75) is 63.5 Å². The summed E-state index contributed by atoms with van der Waals surface area (Å²) in [6, 6.07) is 9.69. The zero-order chi connectivity index (χ0) is 19.2. The second-order valence-corrected chi connectivity index (χ2v) is 7.87. The highest BCUT2D eigenvalue weighted by molar-refractivity contribution is 5.76. The highest BCUT2D eigenvalue weighted by Gasteiger charge is 2.40. The summed E-state index contributed by atoms with van der Waals surface area (Å²) in [5, 5.41) is 11.4. The van der Waals surface area contributed by atoms with E-state index in [2.05, 4.69) is 16.7 Å². The van der Waals surface area contributed by atoms with Gasteiger partial charge in [0, 0.05) is 25.1 Å². The minimum absolute atomic E-state index is 0.0955. The summed E-state index contributed by atoms with van der Waals surface area (Å²) in [6.45, 7) is 1.71. The van der Waals surface area contributed by atoms with E-state index in [0.29, 0.717) is 12.8 Å². The molecule has 1 saturated heterocycles. The van der Waals surface area contributed by atoms with Gasteiger partial charge in [-0.25, -0.2) is 0 Å². The fourth-order valence-corrected chi connectivity index (χ4v) is 4.53. The molecule has 0 spiro atoms. The summed E-state index contributed by atoms with van der Waals surface area (Å²) in [5.41, 5.74) is -0.817. The third-order valence-electron chi connectivity index (χ3n) is 6.16. The summed E-state index contributed by atoms with van der Waals surface area (Å²) in [4.78, 5) is 14.4. The van der Waals surface area contributed by atoms with Crippen LogP contribution in [0.3, 0.4) is 0 Å². The van der Waals surface area contributed by atoms with Gasteiger partial charge in [-0.05, 0) is 38.0 Å². The number of nitrogens with zero attached hydrogens (tertiary/aromatic N) is 1. The number of carbonyl (C=O) groups excluding carboxylic acids is 1. The Morgan fingerprint density at radius 2 is 1.81 bits per heavy atom. The third kappa shape index (κ3) is 4.36. The molecule has 146 valence electrons. The van der Waals surface area contributed by atoms with Crippen LogP contribution in [0.4, 0.5) is 0 Å².